The van der Waals surface area contributed by atoms with E-state index in [0.717, 1.165) is 31.5 Å². The number of rotatable bonds is 6. The second-order valence-corrected chi connectivity index (χ2v) is 6.22. The average Bonchev–Trinajstić information content (AvgIpc) is 2.89. The summed E-state index contributed by atoms with van der Waals surface area (Å²) in [5, 5.41) is 8.77. The van der Waals surface area contributed by atoms with Crippen molar-refractivity contribution in [2.75, 3.05) is 26.2 Å². The maximum absolute atomic E-state index is 12.9. The van der Waals surface area contributed by atoms with Crippen molar-refractivity contribution in [2.45, 2.75) is 38.8 Å². The fourth-order valence-electron chi connectivity index (χ4n) is 2.83. The summed E-state index contributed by atoms with van der Waals surface area (Å²) in [6.07, 6.45) is 2.33. The summed E-state index contributed by atoms with van der Waals surface area (Å²) < 4.78 is 12.9. The van der Waals surface area contributed by atoms with E-state index in [2.05, 4.69) is 16.0 Å². The van der Waals surface area contributed by atoms with Crippen LogP contribution < -0.4 is 16.0 Å². The minimum atomic E-state index is -0.517. The van der Waals surface area contributed by atoms with Gasteiger partial charge in [-0.1, -0.05) is 25.5 Å². The molecule has 1 fully saturated rings. The molecule has 3 amide bonds. The second kappa shape index (κ2) is 9.98. The highest BCUT2D eigenvalue weighted by atomic mass is 19.1. The quantitative estimate of drug-likeness (QED) is 0.730. The molecular weight excluding hydrogens is 323 g/mol. The molecule has 1 heterocycles. The molecule has 1 saturated heterocycles. The van der Waals surface area contributed by atoms with Crippen molar-refractivity contribution in [1.82, 2.24) is 20.9 Å². The number of hydrogen-bond donors (Lipinski definition) is 3. The normalized spacial score (nSPS) is 16.0. The van der Waals surface area contributed by atoms with Crippen molar-refractivity contribution in [1.29, 1.82) is 0 Å². The first-order chi connectivity index (χ1) is 12.1. The predicted molar refractivity (Wildman–Crippen MR) is 94.5 cm³/mol. The van der Waals surface area contributed by atoms with E-state index in [9.17, 15) is 14.0 Å². The lowest BCUT2D eigenvalue weighted by atomic mass is 10.1. The largest absolute Gasteiger partial charge is 0.340 e. The van der Waals surface area contributed by atoms with E-state index in [1.165, 1.54) is 12.1 Å². The summed E-state index contributed by atoms with van der Waals surface area (Å²) in [5.41, 5.74) is 0.800. The van der Waals surface area contributed by atoms with Crippen LogP contribution in [0.4, 0.5) is 9.18 Å². The summed E-state index contributed by atoms with van der Waals surface area (Å²) in [5.74, 6) is -0.337. The van der Waals surface area contributed by atoms with E-state index in [-0.39, 0.29) is 24.3 Å². The van der Waals surface area contributed by atoms with Gasteiger partial charge in [0.25, 0.3) is 0 Å². The summed E-state index contributed by atoms with van der Waals surface area (Å²) in [6.45, 7) is 5.34. The van der Waals surface area contributed by atoms with Crippen molar-refractivity contribution < 1.29 is 14.0 Å². The molecule has 3 N–H and O–H groups in total. The van der Waals surface area contributed by atoms with Gasteiger partial charge in [0.15, 0.2) is 0 Å². The van der Waals surface area contributed by atoms with Gasteiger partial charge in [-0.3, -0.25) is 4.79 Å². The van der Waals surface area contributed by atoms with Crippen LogP contribution in [0.15, 0.2) is 24.3 Å². The molecule has 1 aromatic carbocycles. The van der Waals surface area contributed by atoms with E-state index in [1.807, 2.05) is 11.8 Å². The van der Waals surface area contributed by atoms with E-state index in [1.54, 1.807) is 12.1 Å². The summed E-state index contributed by atoms with van der Waals surface area (Å²) in [4.78, 5) is 26.7. The van der Waals surface area contributed by atoms with Gasteiger partial charge in [-0.2, -0.15) is 0 Å². The SMILES string of the molecule is CCCC(NC(=O)NCc1ccc(F)cc1)C(=O)N1CCCNCC1. The number of amides is 3. The molecule has 0 radical (unpaired) electrons. The fraction of sp³-hybridized carbons (Fsp3) is 0.556. The molecule has 0 bridgehead atoms. The zero-order valence-electron chi connectivity index (χ0n) is 14.7. The smallest absolute Gasteiger partial charge is 0.315 e. The molecule has 0 spiro atoms. The zero-order valence-corrected chi connectivity index (χ0v) is 14.7. The minimum Gasteiger partial charge on any atom is -0.340 e. The molecule has 1 aromatic rings. The Morgan fingerprint density at radius 3 is 2.72 bits per heavy atom. The average molecular weight is 350 g/mol. The van der Waals surface area contributed by atoms with E-state index >= 15 is 0 Å². The number of urea groups is 1. The van der Waals surface area contributed by atoms with Crippen LogP contribution in [0.25, 0.3) is 0 Å². The molecule has 0 aromatic heterocycles. The highest BCUT2D eigenvalue weighted by molar-refractivity contribution is 5.87. The van der Waals surface area contributed by atoms with Gasteiger partial charge >= 0.3 is 6.03 Å². The van der Waals surface area contributed by atoms with E-state index in [0.29, 0.717) is 19.5 Å². The molecule has 1 aliphatic rings. The van der Waals surface area contributed by atoms with Gasteiger partial charge in [-0.15, -0.1) is 0 Å². The maximum atomic E-state index is 12.9. The molecule has 1 atom stereocenters. The second-order valence-electron chi connectivity index (χ2n) is 6.22. The minimum absolute atomic E-state index is 0.0255. The van der Waals surface area contributed by atoms with Crippen LogP contribution in [0.1, 0.15) is 31.7 Å². The highest BCUT2D eigenvalue weighted by Gasteiger charge is 2.25. The topological polar surface area (TPSA) is 73.5 Å². The lowest BCUT2D eigenvalue weighted by Gasteiger charge is -2.26. The third-order valence-corrected chi connectivity index (χ3v) is 4.20. The van der Waals surface area contributed by atoms with Crippen LogP contribution >= 0.6 is 0 Å². The van der Waals surface area contributed by atoms with E-state index < -0.39 is 6.04 Å². The fourth-order valence-corrected chi connectivity index (χ4v) is 2.83. The van der Waals surface area contributed by atoms with Crippen LogP contribution in [0, 0.1) is 5.82 Å². The van der Waals surface area contributed by atoms with Gasteiger partial charge in [-0.05, 0) is 37.1 Å². The Hall–Kier alpha value is -2.15. The van der Waals surface area contributed by atoms with Crippen LogP contribution in [-0.4, -0.2) is 49.1 Å². The Labute approximate surface area is 148 Å². The molecule has 2 rings (SSSR count). The molecule has 0 saturated carbocycles. The third kappa shape index (κ3) is 6.34. The van der Waals surface area contributed by atoms with Gasteiger partial charge in [-0.25, -0.2) is 9.18 Å². The number of carbonyl (C=O) groups is 2. The Morgan fingerprint density at radius 1 is 1.24 bits per heavy atom. The number of carbonyl (C=O) groups excluding carboxylic acids is 2. The van der Waals surface area contributed by atoms with Crippen LogP contribution in [-0.2, 0) is 11.3 Å². The Balaban J connectivity index is 1.87. The molecular formula is C18H27FN4O2. The lowest BCUT2D eigenvalue weighted by Crippen LogP contribution is -2.51. The zero-order chi connectivity index (χ0) is 18.1. The van der Waals surface area contributed by atoms with Gasteiger partial charge in [0, 0.05) is 26.2 Å². The molecule has 6 nitrogen and oxygen atoms in total. The molecule has 7 heteroatoms. The molecule has 1 unspecified atom stereocenters. The summed E-state index contributed by atoms with van der Waals surface area (Å²) in [6, 6.07) is 5.04. The van der Waals surface area contributed by atoms with Crippen LogP contribution in [0.2, 0.25) is 0 Å². The first-order valence-electron chi connectivity index (χ1n) is 8.88. The van der Waals surface area contributed by atoms with Crippen molar-refractivity contribution in [3.05, 3.63) is 35.6 Å². The molecule has 138 valence electrons. The van der Waals surface area contributed by atoms with Crippen LogP contribution in [0.3, 0.4) is 0 Å². The first-order valence-corrected chi connectivity index (χ1v) is 8.88. The number of benzene rings is 1. The Bertz CT molecular complexity index is 557. The number of hydrogen-bond acceptors (Lipinski definition) is 3. The third-order valence-electron chi connectivity index (χ3n) is 4.20. The Kier molecular flexibility index (Phi) is 7.66. The van der Waals surface area contributed by atoms with Crippen molar-refractivity contribution in [2.24, 2.45) is 0 Å². The van der Waals surface area contributed by atoms with Crippen LogP contribution in [0.5, 0.6) is 0 Å². The maximum Gasteiger partial charge on any atom is 0.315 e. The van der Waals surface area contributed by atoms with Gasteiger partial charge in [0.05, 0.1) is 0 Å². The van der Waals surface area contributed by atoms with Crippen molar-refractivity contribution >= 4 is 11.9 Å². The summed E-state index contributed by atoms with van der Waals surface area (Å²) >= 11 is 0. The molecule has 0 aliphatic carbocycles. The lowest BCUT2D eigenvalue weighted by molar-refractivity contribution is -0.133. The van der Waals surface area contributed by atoms with Crippen molar-refractivity contribution in [3.63, 3.8) is 0 Å². The van der Waals surface area contributed by atoms with Gasteiger partial charge < -0.3 is 20.9 Å². The Morgan fingerprint density at radius 2 is 2.00 bits per heavy atom. The van der Waals surface area contributed by atoms with Crippen molar-refractivity contribution in [3.8, 4) is 0 Å². The summed E-state index contributed by atoms with van der Waals surface area (Å²) in [7, 11) is 0. The predicted octanol–water partition coefficient (Wildman–Crippen LogP) is 1.62. The molecule has 1 aliphatic heterocycles. The number of halogens is 1. The standard InChI is InChI=1S/C18H27FN4O2/c1-2-4-16(17(24)23-11-3-9-20-10-12-23)22-18(25)21-13-14-5-7-15(19)8-6-14/h5-8,16,20H,2-4,9-13H2,1H3,(H2,21,22,25). The monoisotopic (exact) mass is 350 g/mol. The van der Waals surface area contributed by atoms with E-state index in [4.69, 9.17) is 0 Å². The molecule has 25 heavy (non-hydrogen) atoms. The first kappa shape index (κ1) is 19.2. The number of nitrogens with one attached hydrogen (secondary N) is 3. The highest BCUT2D eigenvalue weighted by Crippen LogP contribution is 2.06. The van der Waals surface area contributed by atoms with Gasteiger partial charge in [0.2, 0.25) is 5.91 Å². The van der Waals surface area contributed by atoms with Gasteiger partial charge in [0.1, 0.15) is 11.9 Å². The number of nitrogens with zero attached hydrogens (tertiary/aromatic N) is 1.